The van der Waals surface area contributed by atoms with Crippen LogP contribution in [0.15, 0.2) is 42.0 Å². The summed E-state index contributed by atoms with van der Waals surface area (Å²) in [5, 5.41) is 30.1. The highest BCUT2D eigenvalue weighted by atomic mass is 16.5. The number of allylic oxidation sites excluding steroid dienone is 2. The van der Waals surface area contributed by atoms with Crippen molar-refractivity contribution in [2.75, 3.05) is 6.61 Å². The molecular weight excluding hydrogens is 320 g/mol. The Hall–Kier alpha value is -2.95. The van der Waals surface area contributed by atoms with Gasteiger partial charge in [0.2, 0.25) is 0 Å². The van der Waals surface area contributed by atoms with Crippen LogP contribution < -0.4 is 4.74 Å². The van der Waals surface area contributed by atoms with Gasteiger partial charge in [-0.1, -0.05) is 23.8 Å². The molecule has 2 aromatic carbocycles. The van der Waals surface area contributed by atoms with E-state index in [1.807, 2.05) is 19.9 Å². The average Bonchev–Trinajstić information content (AvgIpc) is 2.55. The monoisotopic (exact) mass is 340 g/mol. The van der Waals surface area contributed by atoms with Crippen LogP contribution in [0.2, 0.25) is 0 Å². The highest BCUT2D eigenvalue weighted by Gasteiger charge is 2.34. The Bertz CT molecular complexity index is 845. The standard InChI is InChI=1S/C20H20O5/c1-11(2)3-8-14-16(22)9-17-18(19(14)23)20(24)15(10-25-17)12-4-6-13(21)7-5-12/h3-7,9,15,21-23H,8,10H2,1-2H3. The molecule has 1 heterocycles. The van der Waals surface area contributed by atoms with Crippen molar-refractivity contribution in [1.82, 2.24) is 0 Å². The quantitative estimate of drug-likeness (QED) is 0.742. The minimum atomic E-state index is -0.570. The van der Waals surface area contributed by atoms with E-state index in [9.17, 15) is 20.1 Å². The number of hydrogen-bond donors (Lipinski definition) is 3. The molecule has 5 nitrogen and oxygen atoms in total. The van der Waals surface area contributed by atoms with Gasteiger partial charge in [0.1, 0.15) is 35.2 Å². The predicted octanol–water partition coefficient (Wildman–Crippen LogP) is 3.67. The SMILES string of the molecule is CC(C)=CCc1c(O)cc2c(c1O)C(=O)C(c1ccc(O)cc1)CO2. The summed E-state index contributed by atoms with van der Waals surface area (Å²) < 4.78 is 5.61. The maximum Gasteiger partial charge on any atom is 0.181 e. The molecule has 0 bridgehead atoms. The normalized spacial score (nSPS) is 16.1. The second kappa shape index (κ2) is 6.51. The summed E-state index contributed by atoms with van der Waals surface area (Å²) in [6, 6.07) is 7.72. The lowest BCUT2D eigenvalue weighted by Crippen LogP contribution is -2.26. The van der Waals surface area contributed by atoms with Gasteiger partial charge in [-0.05, 0) is 38.0 Å². The lowest BCUT2D eigenvalue weighted by Gasteiger charge is -2.26. The Balaban J connectivity index is 2.03. The van der Waals surface area contributed by atoms with Crippen molar-refractivity contribution in [3.63, 3.8) is 0 Å². The number of fused-ring (bicyclic) bond motifs is 1. The van der Waals surface area contributed by atoms with Gasteiger partial charge in [-0.25, -0.2) is 0 Å². The third-order valence-corrected chi connectivity index (χ3v) is 4.32. The van der Waals surface area contributed by atoms with E-state index in [1.54, 1.807) is 12.1 Å². The molecule has 0 radical (unpaired) electrons. The first-order valence-corrected chi connectivity index (χ1v) is 8.05. The Morgan fingerprint density at radius 2 is 1.88 bits per heavy atom. The van der Waals surface area contributed by atoms with E-state index in [4.69, 9.17) is 4.74 Å². The van der Waals surface area contributed by atoms with Crippen LogP contribution in [-0.2, 0) is 6.42 Å². The Morgan fingerprint density at radius 3 is 2.52 bits per heavy atom. The molecule has 3 N–H and O–H groups in total. The third-order valence-electron chi connectivity index (χ3n) is 4.32. The zero-order valence-corrected chi connectivity index (χ0v) is 14.1. The molecule has 0 amide bonds. The summed E-state index contributed by atoms with van der Waals surface area (Å²) >= 11 is 0. The molecule has 1 aliphatic rings. The molecule has 25 heavy (non-hydrogen) atoms. The fourth-order valence-electron chi connectivity index (χ4n) is 2.91. The maximum atomic E-state index is 12.9. The molecule has 2 aromatic rings. The van der Waals surface area contributed by atoms with E-state index < -0.39 is 5.92 Å². The Morgan fingerprint density at radius 1 is 1.20 bits per heavy atom. The van der Waals surface area contributed by atoms with Gasteiger partial charge in [0.15, 0.2) is 5.78 Å². The molecule has 1 unspecified atom stereocenters. The van der Waals surface area contributed by atoms with Crippen LogP contribution in [0.1, 0.15) is 41.3 Å². The van der Waals surface area contributed by atoms with E-state index >= 15 is 0 Å². The van der Waals surface area contributed by atoms with Gasteiger partial charge in [0.05, 0.1) is 5.92 Å². The van der Waals surface area contributed by atoms with Crippen molar-refractivity contribution in [2.24, 2.45) is 0 Å². The molecule has 130 valence electrons. The second-order valence-electron chi connectivity index (χ2n) is 6.40. The van der Waals surface area contributed by atoms with Gasteiger partial charge >= 0.3 is 0 Å². The molecular formula is C20H20O5. The zero-order valence-electron chi connectivity index (χ0n) is 14.1. The van der Waals surface area contributed by atoms with Crippen molar-refractivity contribution in [2.45, 2.75) is 26.2 Å². The minimum absolute atomic E-state index is 0.0929. The molecule has 0 saturated carbocycles. The number of aromatic hydroxyl groups is 3. The first-order chi connectivity index (χ1) is 11.9. The van der Waals surface area contributed by atoms with E-state index in [1.165, 1.54) is 18.2 Å². The molecule has 0 saturated heterocycles. The van der Waals surface area contributed by atoms with E-state index in [2.05, 4.69) is 0 Å². The van der Waals surface area contributed by atoms with Crippen LogP contribution in [0.5, 0.6) is 23.0 Å². The van der Waals surface area contributed by atoms with E-state index in [-0.39, 0.29) is 41.0 Å². The summed E-state index contributed by atoms with van der Waals surface area (Å²) in [6.07, 6.45) is 2.19. The van der Waals surface area contributed by atoms with Gasteiger partial charge in [0, 0.05) is 11.6 Å². The van der Waals surface area contributed by atoms with Crippen molar-refractivity contribution >= 4 is 5.78 Å². The number of ketones is 1. The number of ether oxygens (including phenoxy) is 1. The van der Waals surface area contributed by atoms with Crippen molar-refractivity contribution in [3.05, 3.63) is 58.7 Å². The highest BCUT2D eigenvalue weighted by molar-refractivity contribution is 6.07. The first kappa shape index (κ1) is 16.9. The average molecular weight is 340 g/mol. The molecule has 0 spiro atoms. The Kier molecular flexibility index (Phi) is 4.40. The summed E-state index contributed by atoms with van der Waals surface area (Å²) in [5.74, 6) is -0.852. The fraction of sp³-hybridized carbons (Fsp3) is 0.250. The van der Waals surface area contributed by atoms with Crippen molar-refractivity contribution in [1.29, 1.82) is 0 Å². The first-order valence-electron chi connectivity index (χ1n) is 8.05. The van der Waals surface area contributed by atoms with Gasteiger partial charge in [0.25, 0.3) is 0 Å². The summed E-state index contributed by atoms with van der Waals surface area (Å²) in [7, 11) is 0. The van der Waals surface area contributed by atoms with E-state index in [0.29, 0.717) is 17.5 Å². The largest absolute Gasteiger partial charge is 0.508 e. The van der Waals surface area contributed by atoms with Crippen LogP contribution in [0.4, 0.5) is 0 Å². The van der Waals surface area contributed by atoms with Crippen molar-refractivity contribution < 1.29 is 24.9 Å². The minimum Gasteiger partial charge on any atom is -0.508 e. The number of Topliss-reactive ketones (excluding diaryl/α,β-unsaturated/α-hetero) is 1. The lowest BCUT2D eigenvalue weighted by molar-refractivity contribution is 0.0891. The number of carbonyl (C=O) groups excluding carboxylic acids is 1. The van der Waals surface area contributed by atoms with Crippen LogP contribution >= 0.6 is 0 Å². The predicted molar refractivity (Wildman–Crippen MR) is 93.6 cm³/mol. The van der Waals surface area contributed by atoms with Crippen LogP contribution in [0, 0.1) is 0 Å². The number of phenolic OH excluding ortho intramolecular Hbond substituents is 3. The topological polar surface area (TPSA) is 87.0 Å². The van der Waals surface area contributed by atoms with Crippen molar-refractivity contribution in [3.8, 4) is 23.0 Å². The summed E-state index contributed by atoms with van der Waals surface area (Å²) in [5.41, 5.74) is 2.15. The smallest absolute Gasteiger partial charge is 0.181 e. The number of rotatable bonds is 3. The van der Waals surface area contributed by atoms with Gasteiger partial charge in [-0.15, -0.1) is 0 Å². The number of carbonyl (C=O) groups is 1. The van der Waals surface area contributed by atoms with Gasteiger partial charge in [-0.3, -0.25) is 4.79 Å². The second-order valence-corrected chi connectivity index (χ2v) is 6.40. The lowest BCUT2D eigenvalue weighted by atomic mass is 9.87. The maximum absolute atomic E-state index is 12.9. The highest BCUT2D eigenvalue weighted by Crippen LogP contribution is 2.43. The molecule has 0 aliphatic carbocycles. The number of phenols is 3. The zero-order chi connectivity index (χ0) is 18.1. The fourth-order valence-corrected chi connectivity index (χ4v) is 2.91. The molecule has 1 aliphatic heterocycles. The molecule has 5 heteroatoms. The van der Waals surface area contributed by atoms with Gasteiger partial charge in [-0.2, -0.15) is 0 Å². The molecule has 1 atom stereocenters. The van der Waals surface area contributed by atoms with Crippen LogP contribution in [0.25, 0.3) is 0 Å². The number of hydrogen-bond acceptors (Lipinski definition) is 5. The van der Waals surface area contributed by atoms with E-state index in [0.717, 1.165) is 5.57 Å². The summed E-state index contributed by atoms with van der Waals surface area (Å²) in [6.45, 7) is 3.95. The molecule has 0 fully saturated rings. The number of benzene rings is 2. The third kappa shape index (κ3) is 3.18. The van der Waals surface area contributed by atoms with Gasteiger partial charge < -0.3 is 20.1 Å². The molecule has 0 aromatic heterocycles. The van der Waals surface area contributed by atoms with Crippen LogP contribution in [0.3, 0.4) is 0 Å². The summed E-state index contributed by atoms with van der Waals surface area (Å²) in [4.78, 5) is 12.9. The van der Waals surface area contributed by atoms with Crippen LogP contribution in [-0.4, -0.2) is 27.7 Å². The molecule has 3 rings (SSSR count). The Labute approximate surface area is 145 Å².